The summed E-state index contributed by atoms with van der Waals surface area (Å²) in [5.41, 5.74) is 25.6. The molecule has 20 aromatic rings. The fourth-order valence-corrected chi connectivity index (χ4v) is 15.7. The molecule has 0 saturated heterocycles. The van der Waals surface area contributed by atoms with Gasteiger partial charge in [-0.05, 0) is 231 Å². The third kappa shape index (κ3) is 10.5. The molecule has 0 aliphatic heterocycles. The van der Waals surface area contributed by atoms with Gasteiger partial charge in [0.1, 0.15) is 22.3 Å². The van der Waals surface area contributed by atoms with E-state index in [1.54, 1.807) is 6.20 Å². The lowest BCUT2D eigenvalue weighted by atomic mass is 9.88. The van der Waals surface area contributed by atoms with Crippen molar-refractivity contribution in [2.45, 2.75) is 0 Å². The number of furan rings is 2. The number of pyridine rings is 2. The number of hydrogen-bond donors (Lipinski definition) is 0. The highest BCUT2D eigenvalue weighted by molar-refractivity contribution is 6.21. The molecule has 16 aromatic carbocycles. The van der Waals surface area contributed by atoms with E-state index in [1.807, 2.05) is 36.7 Å². The number of para-hydroxylation sites is 1. The molecule has 486 valence electrons. The summed E-state index contributed by atoms with van der Waals surface area (Å²) in [6.07, 6.45) is 5.48. The van der Waals surface area contributed by atoms with E-state index in [0.717, 1.165) is 112 Å². The average molecular weight is 1330 g/mol. The van der Waals surface area contributed by atoms with Gasteiger partial charge in [0, 0.05) is 74.4 Å². The first kappa shape index (κ1) is 60.1. The Labute approximate surface area is 600 Å². The highest BCUT2D eigenvalue weighted by Crippen LogP contribution is 2.47. The summed E-state index contributed by atoms with van der Waals surface area (Å²) in [6, 6.07) is 130. The molecule has 4 heterocycles. The fourth-order valence-electron chi connectivity index (χ4n) is 15.7. The Balaban J connectivity index is 0.626. The quantitative estimate of drug-likeness (QED) is 0.107. The molecule has 4 aromatic heterocycles. The van der Waals surface area contributed by atoms with Gasteiger partial charge in [-0.2, -0.15) is 0 Å². The van der Waals surface area contributed by atoms with Gasteiger partial charge in [0.25, 0.3) is 0 Å². The minimum absolute atomic E-state index is 0.827. The van der Waals surface area contributed by atoms with Gasteiger partial charge in [-0.15, -0.1) is 0 Å². The van der Waals surface area contributed by atoms with Gasteiger partial charge in [-0.25, -0.2) is 0 Å². The van der Waals surface area contributed by atoms with Crippen LogP contribution in [-0.4, -0.2) is 9.97 Å². The van der Waals surface area contributed by atoms with Crippen LogP contribution < -0.4 is 9.80 Å². The fraction of sp³-hybridized carbons (Fsp3) is 0. The van der Waals surface area contributed by atoms with Crippen LogP contribution in [0.2, 0.25) is 0 Å². The maximum atomic E-state index is 6.28. The Morgan fingerprint density at radius 1 is 0.212 bits per heavy atom. The maximum Gasteiger partial charge on any atom is 0.139 e. The molecule has 0 radical (unpaired) electrons. The van der Waals surface area contributed by atoms with Crippen LogP contribution in [0.4, 0.5) is 34.1 Å². The van der Waals surface area contributed by atoms with Gasteiger partial charge in [0.05, 0.1) is 11.1 Å². The summed E-state index contributed by atoms with van der Waals surface area (Å²) in [4.78, 5) is 14.0. The highest BCUT2D eigenvalue weighted by atomic mass is 16.3. The summed E-state index contributed by atoms with van der Waals surface area (Å²) >= 11 is 0. The van der Waals surface area contributed by atoms with Crippen LogP contribution in [0.3, 0.4) is 0 Å². The number of aromatic nitrogens is 2. The van der Waals surface area contributed by atoms with Crippen molar-refractivity contribution < 1.29 is 8.83 Å². The van der Waals surface area contributed by atoms with Crippen LogP contribution in [0.15, 0.2) is 385 Å². The summed E-state index contributed by atoms with van der Waals surface area (Å²) in [7, 11) is 0. The molecule has 0 atom stereocenters. The molecule has 6 heteroatoms. The minimum Gasteiger partial charge on any atom is -0.456 e. The van der Waals surface area contributed by atoms with Crippen molar-refractivity contribution in [1.29, 1.82) is 0 Å². The zero-order valence-electron chi connectivity index (χ0n) is 56.4. The Morgan fingerprint density at radius 3 is 1.25 bits per heavy atom. The number of rotatable bonds is 13. The Bertz CT molecular complexity index is 6670. The SMILES string of the molecule is c1ccc(-c2ccc(N(c3ccc(-c4ccc5c(c4)oc4ccncc45)cc3)c3ccc(-c4cc5cccc(-c6ccc7cc(-c8ccc(N(c9ccc(-c%10ccccc%10)cc9)c9ccc(-c%10nccc%11oc%12ccccc%12c%10%11)cc9)cc8)c8ccccc8c7c6)c5c5ccccc45)cc3)cc2)cc1. The molecule has 0 unspecified atom stereocenters. The maximum absolute atomic E-state index is 6.28. The Hall–Kier alpha value is -13.9. The van der Waals surface area contributed by atoms with Crippen LogP contribution in [0.1, 0.15) is 0 Å². The average Bonchev–Trinajstić information content (AvgIpc) is 0.997. The smallest absolute Gasteiger partial charge is 0.139 e. The molecule has 0 N–H and O–H groups in total. The lowest BCUT2D eigenvalue weighted by molar-refractivity contribution is 0.668. The predicted molar refractivity (Wildman–Crippen MR) is 434 cm³/mol. The van der Waals surface area contributed by atoms with E-state index >= 15 is 0 Å². The van der Waals surface area contributed by atoms with E-state index in [-0.39, 0.29) is 0 Å². The van der Waals surface area contributed by atoms with Gasteiger partial charge in [0.2, 0.25) is 0 Å². The third-order valence-electron chi connectivity index (χ3n) is 20.8. The van der Waals surface area contributed by atoms with Crippen molar-refractivity contribution in [3.63, 3.8) is 0 Å². The third-order valence-corrected chi connectivity index (χ3v) is 20.8. The molecule has 0 fully saturated rings. The van der Waals surface area contributed by atoms with Crippen LogP contribution in [0.25, 0.3) is 165 Å². The van der Waals surface area contributed by atoms with E-state index < -0.39 is 0 Å². The normalized spacial score (nSPS) is 11.7. The monoisotopic (exact) mass is 1330 g/mol. The lowest BCUT2D eigenvalue weighted by Gasteiger charge is -2.26. The van der Waals surface area contributed by atoms with E-state index in [1.165, 1.54) is 87.6 Å². The minimum atomic E-state index is 0.827. The second-order valence-corrected chi connectivity index (χ2v) is 26.8. The molecule has 0 bridgehead atoms. The summed E-state index contributed by atoms with van der Waals surface area (Å²) < 4.78 is 12.6. The first-order chi connectivity index (χ1) is 51.5. The van der Waals surface area contributed by atoms with Gasteiger partial charge >= 0.3 is 0 Å². The molecular formula is C98H62N4O2. The largest absolute Gasteiger partial charge is 0.456 e. The molecule has 20 rings (SSSR count). The van der Waals surface area contributed by atoms with Gasteiger partial charge in [0.15, 0.2) is 0 Å². The van der Waals surface area contributed by atoms with Crippen molar-refractivity contribution in [3.05, 3.63) is 377 Å². The predicted octanol–water partition coefficient (Wildman–Crippen LogP) is 27.5. The first-order valence-corrected chi connectivity index (χ1v) is 35.3. The summed E-state index contributed by atoms with van der Waals surface area (Å²) in [5.74, 6) is 0. The zero-order chi connectivity index (χ0) is 68.6. The number of fused-ring (bicyclic) bond motifs is 12. The van der Waals surface area contributed by atoms with E-state index in [9.17, 15) is 0 Å². The highest BCUT2D eigenvalue weighted by Gasteiger charge is 2.22. The van der Waals surface area contributed by atoms with E-state index in [0.29, 0.717) is 0 Å². The Morgan fingerprint density at radius 2 is 0.654 bits per heavy atom. The van der Waals surface area contributed by atoms with Gasteiger partial charge in [-0.1, -0.05) is 237 Å². The van der Waals surface area contributed by atoms with Crippen LogP contribution in [-0.2, 0) is 0 Å². The second kappa shape index (κ2) is 25.0. The van der Waals surface area contributed by atoms with E-state index in [4.69, 9.17) is 13.8 Å². The number of anilines is 6. The topological polar surface area (TPSA) is 58.5 Å². The summed E-state index contributed by atoms with van der Waals surface area (Å²) in [5, 5.41) is 13.8. The van der Waals surface area contributed by atoms with Crippen LogP contribution in [0.5, 0.6) is 0 Å². The molecule has 6 nitrogen and oxygen atoms in total. The zero-order valence-corrected chi connectivity index (χ0v) is 56.4. The number of hydrogen-bond acceptors (Lipinski definition) is 6. The Kier molecular flexibility index (Phi) is 14.5. The van der Waals surface area contributed by atoms with E-state index in [2.05, 4.69) is 348 Å². The molecule has 0 spiro atoms. The second-order valence-electron chi connectivity index (χ2n) is 26.8. The van der Waals surface area contributed by atoms with Crippen molar-refractivity contribution in [2.24, 2.45) is 0 Å². The number of nitrogens with zero attached hydrogens (tertiary/aromatic N) is 4. The van der Waals surface area contributed by atoms with Crippen molar-refractivity contribution in [3.8, 4) is 78.0 Å². The molecule has 0 aliphatic carbocycles. The number of benzene rings is 16. The molecule has 0 saturated carbocycles. The molecule has 0 amide bonds. The lowest BCUT2D eigenvalue weighted by Crippen LogP contribution is -2.09. The summed E-state index contributed by atoms with van der Waals surface area (Å²) in [6.45, 7) is 0. The van der Waals surface area contributed by atoms with Gasteiger partial charge < -0.3 is 18.6 Å². The van der Waals surface area contributed by atoms with Gasteiger partial charge in [-0.3, -0.25) is 9.97 Å². The first-order valence-electron chi connectivity index (χ1n) is 35.3. The van der Waals surface area contributed by atoms with Crippen molar-refractivity contribution in [1.82, 2.24) is 9.97 Å². The molecular weight excluding hydrogens is 1270 g/mol. The van der Waals surface area contributed by atoms with Crippen molar-refractivity contribution in [2.75, 3.05) is 9.80 Å². The van der Waals surface area contributed by atoms with Crippen LogP contribution >= 0.6 is 0 Å². The molecule has 0 aliphatic rings. The molecule has 104 heavy (non-hydrogen) atoms. The van der Waals surface area contributed by atoms with Crippen LogP contribution in [0, 0.1) is 0 Å². The van der Waals surface area contributed by atoms with Crippen molar-refractivity contribution >= 4 is 121 Å². The standard InChI is InChI=1S/C98H62N4O2/c1-3-14-63(15-4-1)65-28-41-75(42-29-65)101(77-45-32-67(33-46-77)71-40-53-85-91-62-99-56-54-93(91)104-95(85)61-71)78-49-36-69(37-50-78)89-60-74-18-13-24-81(96(74)86-22-10-9-21-84(86)89)72-26-27-73-59-88(82-19-7-8-20-83(82)90(73)58-72)68-34-47-79(48-35-68)102(76-43-30-66(31-44-76)64-16-5-2-6-17-64)80-51-38-70(39-52-80)98-97-87-23-11-12-25-92(87)103-94(97)55-57-100-98/h1-62H.